The molecule has 2 aliphatic rings. The topological polar surface area (TPSA) is 101 Å². The molecule has 7 nitrogen and oxygen atoms in total. The number of amides is 2. The predicted octanol–water partition coefficient (Wildman–Crippen LogP) is 0.649. The van der Waals surface area contributed by atoms with Crippen molar-refractivity contribution < 1.29 is 14.7 Å². The lowest BCUT2D eigenvalue weighted by Crippen LogP contribution is -2.48. The van der Waals surface area contributed by atoms with Gasteiger partial charge in [0.25, 0.3) is 5.91 Å². The number of hydrogen-bond donors (Lipinski definition) is 2. The molecule has 3 heterocycles. The number of rotatable bonds is 3. The van der Waals surface area contributed by atoms with E-state index < -0.39 is 5.91 Å². The zero-order valence-corrected chi connectivity index (χ0v) is 13.3. The average Bonchev–Trinajstić information content (AvgIpc) is 3.05. The Bertz CT molecular complexity index is 801. The summed E-state index contributed by atoms with van der Waals surface area (Å²) in [6, 6.07) is 5.61. The largest absolute Gasteiger partial charge is 0.393 e. The highest BCUT2D eigenvalue weighted by Crippen LogP contribution is 2.36. The van der Waals surface area contributed by atoms with Crippen LogP contribution in [0.2, 0.25) is 0 Å². The summed E-state index contributed by atoms with van der Waals surface area (Å²) >= 11 is 0. The Morgan fingerprint density at radius 3 is 2.62 bits per heavy atom. The molecule has 0 radical (unpaired) electrons. The number of piperidine rings is 1. The molecule has 7 heteroatoms. The number of imidazole rings is 1. The zero-order valence-electron chi connectivity index (χ0n) is 13.3. The van der Waals surface area contributed by atoms with Gasteiger partial charge in [-0.25, -0.2) is 4.98 Å². The third-order valence-corrected chi connectivity index (χ3v) is 5.14. The fourth-order valence-corrected chi connectivity index (χ4v) is 4.12. The number of fused-ring (bicyclic) bond motifs is 3. The van der Waals surface area contributed by atoms with Crippen LogP contribution in [-0.4, -0.2) is 49.6 Å². The van der Waals surface area contributed by atoms with Gasteiger partial charge in [-0.1, -0.05) is 0 Å². The summed E-state index contributed by atoms with van der Waals surface area (Å²) in [4.78, 5) is 30.2. The fraction of sp³-hybridized carbons (Fsp3) is 0.471. The van der Waals surface area contributed by atoms with E-state index in [9.17, 15) is 14.7 Å². The molecule has 3 N–H and O–H groups in total. The van der Waals surface area contributed by atoms with Crippen LogP contribution in [0, 0.1) is 0 Å². The zero-order chi connectivity index (χ0) is 16.8. The Kier molecular flexibility index (Phi) is 3.53. The van der Waals surface area contributed by atoms with Gasteiger partial charge < -0.3 is 20.3 Å². The molecule has 0 saturated carbocycles. The molecule has 2 saturated heterocycles. The first-order valence-corrected chi connectivity index (χ1v) is 8.27. The van der Waals surface area contributed by atoms with E-state index in [0.717, 1.165) is 18.4 Å². The fourth-order valence-electron chi connectivity index (χ4n) is 4.12. The monoisotopic (exact) mass is 328 g/mol. The SMILES string of the molecule is NC(=O)Cn1cnc2cc(C(=O)N3C4CCC3CC(O)C4)ccc21. The van der Waals surface area contributed by atoms with Gasteiger partial charge >= 0.3 is 0 Å². The van der Waals surface area contributed by atoms with Crippen molar-refractivity contribution in [3.63, 3.8) is 0 Å². The molecule has 2 amide bonds. The average molecular weight is 328 g/mol. The number of nitrogens with zero attached hydrogens (tertiary/aromatic N) is 3. The molecule has 2 aliphatic heterocycles. The Morgan fingerprint density at radius 1 is 1.25 bits per heavy atom. The van der Waals surface area contributed by atoms with Crippen molar-refractivity contribution in [1.82, 2.24) is 14.5 Å². The molecule has 1 aromatic carbocycles. The van der Waals surface area contributed by atoms with Crippen LogP contribution < -0.4 is 5.73 Å². The van der Waals surface area contributed by atoms with Crippen LogP contribution in [0.5, 0.6) is 0 Å². The Labute approximate surface area is 139 Å². The van der Waals surface area contributed by atoms with E-state index in [1.54, 1.807) is 29.1 Å². The van der Waals surface area contributed by atoms with Crippen LogP contribution in [0.3, 0.4) is 0 Å². The van der Waals surface area contributed by atoms with Gasteiger partial charge in [-0.05, 0) is 43.9 Å². The van der Waals surface area contributed by atoms with Crippen LogP contribution in [0.1, 0.15) is 36.0 Å². The highest BCUT2D eigenvalue weighted by Gasteiger charge is 2.42. The summed E-state index contributed by atoms with van der Waals surface area (Å²) in [5.41, 5.74) is 7.28. The van der Waals surface area contributed by atoms with Gasteiger partial charge in [0.05, 0.1) is 23.5 Å². The number of nitrogens with two attached hydrogens (primary N) is 1. The first kappa shape index (κ1) is 15.1. The number of aliphatic hydroxyl groups is 1. The minimum Gasteiger partial charge on any atom is -0.393 e. The van der Waals surface area contributed by atoms with Crippen molar-refractivity contribution in [2.75, 3.05) is 0 Å². The second-order valence-electron chi connectivity index (χ2n) is 6.76. The number of aromatic nitrogens is 2. The Hall–Kier alpha value is -2.41. The highest BCUT2D eigenvalue weighted by molar-refractivity contribution is 5.98. The summed E-state index contributed by atoms with van der Waals surface area (Å²) in [6.45, 7) is 0.0674. The Morgan fingerprint density at radius 2 is 1.96 bits per heavy atom. The number of benzene rings is 1. The lowest BCUT2D eigenvalue weighted by atomic mass is 9.98. The van der Waals surface area contributed by atoms with E-state index in [1.165, 1.54) is 0 Å². The molecule has 0 aliphatic carbocycles. The summed E-state index contributed by atoms with van der Waals surface area (Å²) in [5.74, 6) is -0.432. The van der Waals surface area contributed by atoms with Crippen molar-refractivity contribution >= 4 is 22.8 Å². The van der Waals surface area contributed by atoms with Crippen LogP contribution in [0.15, 0.2) is 24.5 Å². The van der Waals surface area contributed by atoms with Gasteiger partial charge in [0.2, 0.25) is 5.91 Å². The lowest BCUT2D eigenvalue weighted by Gasteiger charge is -2.37. The normalized spacial score (nSPS) is 26.0. The first-order chi connectivity index (χ1) is 11.5. The molecule has 126 valence electrons. The number of hydrogen-bond acceptors (Lipinski definition) is 4. The molecule has 2 fully saturated rings. The summed E-state index contributed by atoms with van der Waals surface area (Å²) in [6.07, 6.45) is 4.52. The van der Waals surface area contributed by atoms with Gasteiger partial charge in [0, 0.05) is 17.6 Å². The lowest BCUT2D eigenvalue weighted by molar-refractivity contribution is -0.118. The van der Waals surface area contributed by atoms with Crippen LogP contribution in [-0.2, 0) is 11.3 Å². The Balaban J connectivity index is 1.62. The van der Waals surface area contributed by atoms with Crippen LogP contribution >= 0.6 is 0 Å². The molecular weight excluding hydrogens is 308 g/mol. The van der Waals surface area contributed by atoms with Crippen molar-refractivity contribution in [3.8, 4) is 0 Å². The van der Waals surface area contributed by atoms with Crippen LogP contribution in [0.25, 0.3) is 11.0 Å². The highest BCUT2D eigenvalue weighted by atomic mass is 16.3. The first-order valence-electron chi connectivity index (χ1n) is 8.27. The molecule has 2 atom stereocenters. The second kappa shape index (κ2) is 5.59. The maximum atomic E-state index is 12.9. The summed E-state index contributed by atoms with van der Waals surface area (Å²) < 4.78 is 1.67. The molecule has 2 bridgehead atoms. The number of primary amides is 1. The van der Waals surface area contributed by atoms with Crippen molar-refractivity contribution in [3.05, 3.63) is 30.1 Å². The van der Waals surface area contributed by atoms with E-state index in [4.69, 9.17) is 5.73 Å². The van der Waals surface area contributed by atoms with E-state index in [2.05, 4.69) is 4.98 Å². The maximum absolute atomic E-state index is 12.9. The van der Waals surface area contributed by atoms with Gasteiger partial charge in [0.15, 0.2) is 0 Å². The minimum absolute atomic E-state index is 0.000696. The minimum atomic E-state index is -0.432. The molecule has 4 rings (SSSR count). The quantitative estimate of drug-likeness (QED) is 0.863. The number of carbonyl (C=O) groups excluding carboxylic acids is 2. The van der Waals surface area contributed by atoms with E-state index in [-0.39, 0.29) is 30.6 Å². The van der Waals surface area contributed by atoms with Gasteiger partial charge in [-0.3, -0.25) is 9.59 Å². The molecule has 2 unspecified atom stereocenters. The third-order valence-electron chi connectivity index (χ3n) is 5.14. The van der Waals surface area contributed by atoms with Gasteiger partial charge in [-0.15, -0.1) is 0 Å². The molecule has 2 aromatic rings. The van der Waals surface area contributed by atoms with Crippen molar-refractivity contribution in [2.45, 2.75) is 50.4 Å². The maximum Gasteiger partial charge on any atom is 0.254 e. The van der Waals surface area contributed by atoms with Gasteiger partial charge in [0.1, 0.15) is 6.54 Å². The van der Waals surface area contributed by atoms with Crippen LogP contribution in [0.4, 0.5) is 0 Å². The molecule has 24 heavy (non-hydrogen) atoms. The van der Waals surface area contributed by atoms with Gasteiger partial charge in [-0.2, -0.15) is 0 Å². The van der Waals surface area contributed by atoms with E-state index in [1.807, 2.05) is 4.90 Å². The third kappa shape index (κ3) is 2.45. The number of aliphatic hydroxyl groups excluding tert-OH is 1. The van der Waals surface area contributed by atoms with Crippen molar-refractivity contribution in [2.24, 2.45) is 5.73 Å². The standard InChI is InChI=1S/C17H20N4O3/c18-16(23)8-20-9-19-14-5-10(1-4-15(14)20)17(24)21-11-2-3-12(21)7-13(22)6-11/h1,4-5,9,11-13,22H,2-3,6-8H2,(H2,18,23). The predicted molar refractivity (Wildman–Crippen MR) is 87.1 cm³/mol. The molecule has 0 spiro atoms. The van der Waals surface area contributed by atoms with E-state index >= 15 is 0 Å². The summed E-state index contributed by atoms with van der Waals surface area (Å²) in [5, 5.41) is 9.89. The number of carbonyl (C=O) groups is 2. The van der Waals surface area contributed by atoms with E-state index in [0.29, 0.717) is 23.9 Å². The second-order valence-corrected chi connectivity index (χ2v) is 6.76. The molecule has 1 aromatic heterocycles. The molecular formula is C17H20N4O3. The smallest absolute Gasteiger partial charge is 0.254 e. The van der Waals surface area contributed by atoms with Crippen molar-refractivity contribution in [1.29, 1.82) is 0 Å². The summed E-state index contributed by atoms with van der Waals surface area (Å²) in [7, 11) is 0.